The molecular weight excluding hydrogens is 436 g/mol. The van der Waals surface area contributed by atoms with Crippen LogP contribution in [0.2, 0.25) is 5.02 Å². The van der Waals surface area contributed by atoms with Gasteiger partial charge in [0.15, 0.2) is 0 Å². The summed E-state index contributed by atoms with van der Waals surface area (Å²) in [7, 11) is 0. The number of rotatable bonds is 1. The van der Waals surface area contributed by atoms with Gasteiger partial charge >= 0.3 is 0 Å². The van der Waals surface area contributed by atoms with Crippen molar-refractivity contribution in [3.05, 3.63) is 94.0 Å². The zero-order valence-electron chi connectivity index (χ0n) is 18.3. The minimum atomic E-state index is -1.12. The Labute approximate surface area is 197 Å². The topological polar surface area (TPSA) is 58.6 Å². The number of benzene rings is 3. The molecule has 3 unspecified atom stereocenters. The van der Waals surface area contributed by atoms with Gasteiger partial charge in [0.25, 0.3) is 11.8 Å². The molecule has 0 saturated carbocycles. The van der Waals surface area contributed by atoms with Crippen LogP contribution in [0.4, 0.5) is 5.69 Å². The Balaban J connectivity index is 1.64. The van der Waals surface area contributed by atoms with E-state index >= 15 is 0 Å². The van der Waals surface area contributed by atoms with E-state index in [4.69, 9.17) is 16.3 Å². The van der Waals surface area contributed by atoms with Gasteiger partial charge in [-0.2, -0.15) is 0 Å². The zero-order valence-corrected chi connectivity index (χ0v) is 19.1. The first-order chi connectivity index (χ1) is 15.9. The second kappa shape index (κ2) is 7.09. The summed E-state index contributed by atoms with van der Waals surface area (Å²) in [5, 5.41) is 3.49. The molecule has 3 aliphatic rings. The lowest BCUT2D eigenvalue weighted by atomic mass is 9.73. The van der Waals surface area contributed by atoms with Crippen LogP contribution in [-0.2, 0) is 4.79 Å². The van der Waals surface area contributed by atoms with Gasteiger partial charge in [0.2, 0.25) is 0 Å². The molecule has 0 aromatic heterocycles. The van der Waals surface area contributed by atoms with E-state index in [1.165, 1.54) is 0 Å². The number of carbonyl (C=O) groups is 2. The summed E-state index contributed by atoms with van der Waals surface area (Å²) >= 11 is 6.27. The van der Waals surface area contributed by atoms with Crippen LogP contribution in [0.3, 0.4) is 0 Å². The Bertz CT molecular complexity index is 1310. The standard InChI is InChI=1S/C27H23ClN2O3/c1-15-8-11-22-19(12-15)24-20(14-33-22)23(16-6-4-3-5-7-16)27(2)26(32)29-21-10-9-17(28)13-18(21)25(31)30(24)27/h3-13,20,23-24H,14H2,1-2H3,(H,29,32)/t20?,23?,24?,27-/m1/s1. The third-order valence-electron chi connectivity index (χ3n) is 7.43. The normalized spacial score (nSPS) is 27.5. The van der Waals surface area contributed by atoms with Crippen LogP contribution >= 0.6 is 11.6 Å². The monoisotopic (exact) mass is 458 g/mol. The highest BCUT2D eigenvalue weighted by atomic mass is 35.5. The van der Waals surface area contributed by atoms with Gasteiger partial charge in [-0.25, -0.2) is 0 Å². The third-order valence-corrected chi connectivity index (χ3v) is 7.67. The van der Waals surface area contributed by atoms with Crippen molar-refractivity contribution < 1.29 is 14.3 Å². The summed E-state index contributed by atoms with van der Waals surface area (Å²) in [5.41, 5.74) is 2.83. The predicted octanol–water partition coefficient (Wildman–Crippen LogP) is 5.35. The number of hydrogen-bond donors (Lipinski definition) is 1. The number of ether oxygens (including phenoxy) is 1. The summed E-state index contributed by atoms with van der Waals surface area (Å²) in [4.78, 5) is 29.9. The largest absolute Gasteiger partial charge is 0.493 e. The van der Waals surface area contributed by atoms with Crippen LogP contribution < -0.4 is 10.1 Å². The number of aryl methyl sites for hydroxylation is 1. The summed E-state index contributed by atoms with van der Waals surface area (Å²) in [6.07, 6.45) is 0. The molecule has 4 atom stereocenters. The fourth-order valence-electron chi connectivity index (χ4n) is 6.00. The summed E-state index contributed by atoms with van der Waals surface area (Å²) in [6.45, 7) is 4.34. The molecule has 3 aromatic carbocycles. The lowest BCUT2D eigenvalue weighted by Gasteiger charge is -2.38. The molecule has 1 N–H and O–H groups in total. The van der Waals surface area contributed by atoms with Crippen molar-refractivity contribution in [1.29, 1.82) is 0 Å². The first-order valence-electron chi connectivity index (χ1n) is 11.1. The molecule has 0 bridgehead atoms. The number of nitrogens with zero attached hydrogens (tertiary/aromatic N) is 1. The number of amides is 2. The SMILES string of the molecule is Cc1ccc2c(c1)C1C(CO2)C(c2ccccc2)[C@]2(C)C(=O)Nc3ccc(Cl)cc3C(=O)N12. The van der Waals surface area contributed by atoms with Gasteiger partial charge in [-0.1, -0.05) is 59.6 Å². The summed E-state index contributed by atoms with van der Waals surface area (Å²) in [6, 6.07) is 20.8. The average molecular weight is 459 g/mol. The molecule has 1 saturated heterocycles. The molecule has 33 heavy (non-hydrogen) atoms. The van der Waals surface area contributed by atoms with Gasteiger partial charge in [-0.05, 0) is 43.7 Å². The van der Waals surface area contributed by atoms with Crippen molar-refractivity contribution in [3.63, 3.8) is 0 Å². The van der Waals surface area contributed by atoms with E-state index < -0.39 is 5.54 Å². The van der Waals surface area contributed by atoms with E-state index in [1.807, 2.05) is 56.3 Å². The molecule has 5 nitrogen and oxygen atoms in total. The van der Waals surface area contributed by atoms with E-state index in [0.717, 1.165) is 22.4 Å². The molecule has 6 rings (SSSR count). The lowest BCUT2D eigenvalue weighted by Crippen LogP contribution is -2.54. The number of fused-ring (bicyclic) bond motifs is 6. The van der Waals surface area contributed by atoms with Crippen molar-refractivity contribution >= 4 is 29.1 Å². The molecule has 6 heteroatoms. The van der Waals surface area contributed by atoms with Crippen molar-refractivity contribution in [1.82, 2.24) is 4.90 Å². The van der Waals surface area contributed by atoms with E-state index in [2.05, 4.69) is 11.4 Å². The van der Waals surface area contributed by atoms with E-state index in [0.29, 0.717) is 22.9 Å². The van der Waals surface area contributed by atoms with Gasteiger partial charge in [0.05, 0.1) is 23.9 Å². The fraction of sp³-hybridized carbons (Fsp3) is 0.259. The second-order valence-electron chi connectivity index (χ2n) is 9.32. The van der Waals surface area contributed by atoms with Crippen molar-refractivity contribution in [2.45, 2.75) is 31.3 Å². The maximum atomic E-state index is 14.2. The molecule has 3 aliphatic heterocycles. The molecule has 166 valence electrons. The van der Waals surface area contributed by atoms with Crippen molar-refractivity contribution in [3.8, 4) is 5.75 Å². The number of carbonyl (C=O) groups excluding carboxylic acids is 2. The highest BCUT2D eigenvalue weighted by molar-refractivity contribution is 6.31. The van der Waals surface area contributed by atoms with Crippen LogP contribution in [0, 0.1) is 12.8 Å². The fourth-order valence-corrected chi connectivity index (χ4v) is 6.18. The highest BCUT2D eigenvalue weighted by Crippen LogP contribution is 2.60. The zero-order chi connectivity index (χ0) is 22.9. The van der Waals surface area contributed by atoms with Gasteiger partial charge in [-0.3, -0.25) is 9.59 Å². The predicted molar refractivity (Wildman–Crippen MR) is 127 cm³/mol. The Morgan fingerprint density at radius 2 is 1.85 bits per heavy atom. The van der Waals surface area contributed by atoms with Crippen LogP contribution in [0.15, 0.2) is 66.7 Å². The van der Waals surface area contributed by atoms with Crippen LogP contribution in [0.5, 0.6) is 5.75 Å². The summed E-state index contributed by atoms with van der Waals surface area (Å²) < 4.78 is 6.19. The summed E-state index contributed by atoms with van der Waals surface area (Å²) in [5.74, 6) is 0.0421. The number of anilines is 1. The number of nitrogens with one attached hydrogen (secondary N) is 1. The molecule has 3 heterocycles. The minimum absolute atomic E-state index is 0.0814. The number of halogens is 1. The smallest absolute Gasteiger partial charge is 0.257 e. The Kier molecular flexibility index (Phi) is 4.36. The second-order valence-corrected chi connectivity index (χ2v) is 9.75. The molecule has 2 amide bonds. The Hall–Kier alpha value is -3.31. The molecule has 0 radical (unpaired) electrons. The first-order valence-corrected chi connectivity index (χ1v) is 11.5. The van der Waals surface area contributed by atoms with Crippen LogP contribution in [0.1, 0.15) is 45.9 Å². The van der Waals surface area contributed by atoms with E-state index in [1.54, 1.807) is 23.1 Å². The highest BCUT2D eigenvalue weighted by Gasteiger charge is 2.65. The quantitative estimate of drug-likeness (QED) is 0.534. The molecule has 0 spiro atoms. The molecule has 3 aromatic rings. The average Bonchev–Trinajstić information content (AvgIpc) is 3.06. The Morgan fingerprint density at radius 3 is 2.64 bits per heavy atom. The van der Waals surface area contributed by atoms with Gasteiger partial charge in [0, 0.05) is 22.4 Å². The van der Waals surface area contributed by atoms with E-state index in [9.17, 15) is 9.59 Å². The maximum absolute atomic E-state index is 14.2. The Morgan fingerprint density at radius 1 is 1.06 bits per heavy atom. The van der Waals surface area contributed by atoms with Crippen molar-refractivity contribution in [2.24, 2.45) is 5.92 Å². The number of hydrogen-bond acceptors (Lipinski definition) is 3. The first kappa shape index (κ1) is 20.3. The molecule has 0 aliphatic carbocycles. The minimum Gasteiger partial charge on any atom is -0.493 e. The van der Waals surface area contributed by atoms with E-state index in [-0.39, 0.29) is 29.7 Å². The molecule has 1 fully saturated rings. The third kappa shape index (κ3) is 2.78. The maximum Gasteiger partial charge on any atom is 0.257 e. The van der Waals surface area contributed by atoms with Crippen LogP contribution in [0.25, 0.3) is 0 Å². The van der Waals surface area contributed by atoms with Gasteiger partial charge in [0.1, 0.15) is 11.3 Å². The van der Waals surface area contributed by atoms with Crippen molar-refractivity contribution in [2.75, 3.05) is 11.9 Å². The lowest BCUT2D eigenvalue weighted by molar-refractivity contribution is -0.125. The molecular formula is C27H23ClN2O3. The van der Waals surface area contributed by atoms with Gasteiger partial charge in [-0.15, -0.1) is 0 Å². The van der Waals surface area contributed by atoms with Gasteiger partial charge < -0.3 is 15.0 Å². The van der Waals surface area contributed by atoms with Crippen LogP contribution in [-0.4, -0.2) is 28.9 Å².